The molecule has 1 amide bonds. The van der Waals surface area contributed by atoms with Crippen LogP contribution in [0.15, 0.2) is 24.3 Å². The average Bonchev–Trinajstić information content (AvgIpc) is 2.74. The van der Waals surface area contributed by atoms with E-state index in [2.05, 4.69) is 10.6 Å². The van der Waals surface area contributed by atoms with E-state index in [1.807, 2.05) is 0 Å². The minimum Gasteiger partial charge on any atom is -0.349 e. The van der Waals surface area contributed by atoms with E-state index in [9.17, 15) is 9.18 Å². The van der Waals surface area contributed by atoms with Gasteiger partial charge in [-0.3, -0.25) is 4.79 Å². The smallest absolute Gasteiger partial charge is 0.251 e. The molecule has 16 heavy (non-hydrogen) atoms. The van der Waals surface area contributed by atoms with E-state index in [1.54, 1.807) is 12.1 Å². The van der Waals surface area contributed by atoms with Crippen molar-refractivity contribution in [2.45, 2.75) is 6.04 Å². The molecule has 1 aromatic carbocycles. The van der Waals surface area contributed by atoms with Crippen molar-refractivity contribution in [3.05, 3.63) is 35.6 Å². The van der Waals surface area contributed by atoms with Gasteiger partial charge in [0.2, 0.25) is 0 Å². The fraction of sp³-hybridized carbons (Fsp3) is 0.417. The van der Waals surface area contributed by atoms with Crippen LogP contribution in [0.3, 0.4) is 0 Å². The number of rotatable bonds is 2. The monoisotopic (exact) mass is 220 g/mol. The quantitative estimate of drug-likeness (QED) is 0.773. The Balaban J connectivity index is 1.66. The lowest BCUT2D eigenvalue weighted by Gasteiger charge is -2.07. The molecule has 0 bridgehead atoms. The standard InChI is InChI=1S/C12H13FN2O/c13-8-3-1-2-7(4-8)12(16)15-11-9-5-14-6-10(9)11/h1-4,9-11,14H,5-6H2,(H,15,16)/t9-,10+,11?. The van der Waals surface area contributed by atoms with E-state index in [4.69, 9.17) is 0 Å². The van der Waals surface area contributed by atoms with Crippen molar-refractivity contribution in [1.29, 1.82) is 0 Å². The summed E-state index contributed by atoms with van der Waals surface area (Å²) >= 11 is 0. The van der Waals surface area contributed by atoms with Crippen LogP contribution in [0.4, 0.5) is 4.39 Å². The summed E-state index contributed by atoms with van der Waals surface area (Å²) in [6, 6.07) is 6.09. The molecule has 4 heteroatoms. The minimum absolute atomic E-state index is 0.168. The molecule has 1 saturated carbocycles. The minimum atomic E-state index is -0.370. The van der Waals surface area contributed by atoms with Crippen molar-refractivity contribution >= 4 is 5.91 Å². The third kappa shape index (κ3) is 1.59. The van der Waals surface area contributed by atoms with Crippen molar-refractivity contribution < 1.29 is 9.18 Å². The number of hydrogen-bond acceptors (Lipinski definition) is 2. The first-order valence-electron chi connectivity index (χ1n) is 5.53. The lowest BCUT2D eigenvalue weighted by molar-refractivity contribution is 0.0946. The van der Waals surface area contributed by atoms with Gasteiger partial charge in [0.1, 0.15) is 5.82 Å². The van der Waals surface area contributed by atoms with Crippen LogP contribution in [-0.2, 0) is 0 Å². The number of piperidine rings is 1. The zero-order valence-corrected chi connectivity index (χ0v) is 8.74. The van der Waals surface area contributed by atoms with E-state index in [1.165, 1.54) is 12.1 Å². The van der Waals surface area contributed by atoms with Gasteiger partial charge in [0.25, 0.3) is 5.91 Å². The zero-order chi connectivity index (χ0) is 11.1. The Kier molecular flexibility index (Phi) is 2.17. The molecule has 3 atom stereocenters. The number of carbonyl (C=O) groups excluding carboxylic acids is 1. The Labute approximate surface area is 93.0 Å². The van der Waals surface area contributed by atoms with Crippen molar-refractivity contribution in [1.82, 2.24) is 10.6 Å². The number of hydrogen-bond donors (Lipinski definition) is 2. The SMILES string of the molecule is O=C(NC1[C@H]2CNC[C@@H]12)c1cccc(F)c1. The van der Waals surface area contributed by atoms with Crippen LogP contribution in [-0.4, -0.2) is 25.0 Å². The number of benzene rings is 1. The Bertz CT molecular complexity index is 425. The number of nitrogens with one attached hydrogen (secondary N) is 2. The number of fused-ring (bicyclic) bond motifs is 1. The zero-order valence-electron chi connectivity index (χ0n) is 8.74. The van der Waals surface area contributed by atoms with E-state index >= 15 is 0 Å². The number of halogens is 1. The number of amides is 1. The molecule has 3 rings (SSSR count). The third-order valence-electron chi connectivity index (χ3n) is 3.48. The topological polar surface area (TPSA) is 41.1 Å². The molecule has 2 fully saturated rings. The summed E-state index contributed by atoms with van der Waals surface area (Å²) in [6.07, 6.45) is 0. The van der Waals surface area contributed by atoms with Gasteiger partial charge in [-0.1, -0.05) is 6.07 Å². The van der Waals surface area contributed by atoms with Gasteiger partial charge in [-0.25, -0.2) is 4.39 Å². The molecular weight excluding hydrogens is 207 g/mol. The van der Waals surface area contributed by atoms with E-state index in [0.29, 0.717) is 17.4 Å². The van der Waals surface area contributed by atoms with Crippen molar-refractivity contribution in [2.24, 2.45) is 11.8 Å². The first kappa shape index (κ1) is 9.78. The van der Waals surface area contributed by atoms with Crippen LogP contribution < -0.4 is 10.6 Å². The first-order chi connectivity index (χ1) is 7.75. The summed E-state index contributed by atoms with van der Waals surface area (Å²) in [4.78, 5) is 11.8. The Morgan fingerprint density at radius 2 is 2.12 bits per heavy atom. The van der Waals surface area contributed by atoms with Gasteiger partial charge in [0.05, 0.1) is 0 Å². The second-order valence-electron chi connectivity index (χ2n) is 4.50. The Morgan fingerprint density at radius 1 is 1.38 bits per heavy atom. The van der Waals surface area contributed by atoms with Gasteiger partial charge >= 0.3 is 0 Å². The molecule has 1 aromatic rings. The van der Waals surface area contributed by atoms with E-state index in [-0.39, 0.29) is 17.8 Å². The predicted octanol–water partition coefficient (Wildman–Crippen LogP) is 0.773. The van der Waals surface area contributed by atoms with E-state index < -0.39 is 0 Å². The molecule has 1 aliphatic heterocycles. The predicted molar refractivity (Wildman–Crippen MR) is 57.5 cm³/mol. The average molecular weight is 220 g/mol. The molecule has 3 nitrogen and oxygen atoms in total. The van der Waals surface area contributed by atoms with E-state index in [0.717, 1.165) is 13.1 Å². The van der Waals surface area contributed by atoms with Crippen LogP contribution in [0.25, 0.3) is 0 Å². The fourth-order valence-corrected chi connectivity index (χ4v) is 2.50. The molecule has 2 aliphatic rings. The summed E-state index contributed by atoms with van der Waals surface area (Å²) in [6.45, 7) is 1.97. The van der Waals surface area contributed by atoms with Crippen LogP contribution in [0.5, 0.6) is 0 Å². The van der Waals surface area contributed by atoms with Gasteiger partial charge in [-0.05, 0) is 30.0 Å². The molecule has 84 valence electrons. The summed E-state index contributed by atoms with van der Waals surface area (Å²) in [7, 11) is 0. The first-order valence-corrected chi connectivity index (χ1v) is 5.53. The molecular formula is C12H13FN2O. The molecule has 2 N–H and O–H groups in total. The molecule has 1 heterocycles. The third-order valence-corrected chi connectivity index (χ3v) is 3.48. The Morgan fingerprint density at radius 3 is 2.81 bits per heavy atom. The highest BCUT2D eigenvalue weighted by molar-refractivity contribution is 5.94. The summed E-state index contributed by atoms with van der Waals surface area (Å²) in [5.41, 5.74) is 0.401. The molecule has 0 radical (unpaired) electrons. The highest BCUT2D eigenvalue weighted by atomic mass is 19.1. The fourth-order valence-electron chi connectivity index (χ4n) is 2.50. The molecule has 1 unspecified atom stereocenters. The lowest BCUT2D eigenvalue weighted by atomic mass is 10.2. The van der Waals surface area contributed by atoms with Crippen molar-refractivity contribution in [3.8, 4) is 0 Å². The molecule has 1 saturated heterocycles. The van der Waals surface area contributed by atoms with Crippen LogP contribution in [0.1, 0.15) is 10.4 Å². The maximum Gasteiger partial charge on any atom is 0.251 e. The maximum atomic E-state index is 12.9. The van der Waals surface area contributed by atoms with Gasteiger partial charge in [-0.15, -0.1) is 0 Å². The maximum absolute atomic E-state index is 12.9. The lowest BCUT2D eigenvalue weighted by Crippen LogP contribution is -2.32. The summed E-state index contributed by atoms with van der Waals surface area (Å²) in [5, 5.41) is 6.22. The molecule has 1 aliphatic carbocycles. The highest BCUT2D eigenvalue weighted by Crippen LogP contribution is 2.41. The molecule has 0 spiro atoms. The van der Waals surface area contributed by atoms with Gasteiger partial charge in [-0.2, -0.15) is 0 Å². The summed E-state index contributed by atoms with van der Waals surface area (Å²) in [5.74, 6) is 0.624. The number of carbonyl (C=O) groups is 1. The Hall–Kier alpha value is -1.42. The van der Waals surface area contributed by atoms with Crippen LogP contribution >= 0.6 is 0 Å². The van der Waals surface area contributed by atoms with Crippen LogP contribution in [0, 0.1) is 17.7 Å². The summed E-state index contributed by atoms with van der Waals surface area (Å²) < 4.78 is 12.9. The van der Waals surface area contributed by atoms with Crippen molar-refractivity contribution in [2.75, 3.05) is 13.1 Å². The van der Waals surface area contributed by atoms with Gasteiger partial charge in [0, 0.05) is 24.7 Å². The highest BCUT2D eigenvalue weighted by Gasteiger charge is 2.53. The second-order valence-corrected chi connectivity index (χ2v) is 4.50. The van der Waals surface area contributed by atoms with Gasteiger partial charge < -0.3 is 10.6 Å². The second kappa shape index (κ2) is 3.56. The largest absolute Gasteiger partial charge is 0.349 e. The van der Waals surface area contributed by atoms with Crippen molar-refractivity contribution in [3.63, 3.8) is 0 Å². The van der Waals surface area contributed by atoms with Gasteiger partial charge in [0.15, 0.2) is 0 Å². The molecule has 0 aromatic heterocycles. The normalized spacial score (nSPS) is 30.9. The van der Waals surface area contributed by atoms with Crippen LogP contribution in [0.2, 0.25) is 0 Å².